The Kier molecular flexibility index (Phi) is 6.15. The zero-order valence-corrected chi connectivity index (χ0v) is 12.4. The Morgan fingerprint density at radius 2 is 2.11 bits per heavy atom. The number of halogens is 1. The van der Waals surface area contributed by atoms with Gasteiger partial charge in [-0.05, 0) is 48.0 Å². The summed E-state index contributed by atoms with van der Waals surface area (Å²) in [6.07, 6.45) is 0. The first-order valence-corrected chi connectivity index (χ1v) is 6.56. The fourth-order valence-electron chi connectivity index (χ4n) is 1.34. The molecule has 0 aliphatic heterocycles. The Balaban J connectivity index is 2.69. The van der Waals surface area contributed by atoms with Gasteiger partial charge < -0.3 is 14.8 Å². The first-order chi connectivity index (χ1) is 8.54. The molecule has 0 radical (unpaired) electrons. The molecule has 18 heavy (non-hydrogen) atoms. The average Bonchev–Trinajstić information content (AvgIpc) is 2.30. The average molecular weight is 316 g/mol. The van der Waals surface area contributed by atoms with Gasteiger partial charge >= 0.3 is 0 Å². The number of carbonyl (C=O) groups excluding carboxylic acids is 1. The minimum Gasteiger partial charge on any atom is -0.490 e. The zero-order chi connectivity index (χ0) is 13.5. The van der Waals surface area contributed by atoms with E-state index in [4.69, 9.17) is 9.47 Å². The predicted molar refractivity (Wildman–Crippen MR) is 74.1 cm³/mol. The van der Waals surface area contributed by atoms with Crippen molar-refractivity contribution in [1.82, 2.24) is 5.32 Å². The van der Waals surface area contributed by atoms with Gasteiger partial charge in [-0.15, -0.1) is 0 Å². The number of rotatable bonds is 6. The summed E-state index contributed by atoms with van der Waals surface area (Å²) in [4.78, 5) is 11.8. The second-order valence-corrected chi connectivity index (χ2v) is 4.97. The molecule has 1 aromatic carbocycles. The molecule has 4 nitrogen and oxygen atoms in total. The Labute approximate surface area is 116 Å². The molecule has 0 saturated heterocycles. The summed E-state index contributed by atoms with van der Waals surface area (Å²) in [6, 6.07) is 5.38. The SMILES string of the molecule is COCCOc1ccc(C(=O)NC(C)C)cc1Br. The van der Waals surface area contributed by atoms with Crippen LogP contribution in [0.2, 0.25) is 0 Å². The van der Waals surface area contributed by atoms with Crippen molar-refractivity contribution in [3.05, 3.63) is 28.2 Å². The maximum Gasteiger partial charge on any atom is 0.251 e. The van der Waals surface area contributed by atoms with Crippen LogP contribution in [0.5, 0.6) is 5.75 Å². The molecule has 0 spiro atoms. The van der Waals surface area contributed by atoms with Gasteiger partial charge in [-0.2, -0.15) is 0 Å². The number of ether oxygens (including phenoxy) is 2. The van der Waals surface area contributed by atoms with E-state index in [9.17, 15) is 4.79 Å². The van der Waals surface area contributed by atoms with E-state index in [0.29, 0.717) is 24.5 Å². The molecule has 1 amide bonds. The van der Waals surface area contributed by atoms with Crippen molar-refractivity contribution in [2.24, 2.45) is 0 Å². The van der Waals surface area contributed by atoms with E-state index in [0.717, 1.165) is 4.47 Å². The van der Waals surface area contributed by atoms with Crippen LogP contribution in [0.25, 0.3) is 0 Å². The van der Waals surface area contributed by atoms with Crippen molar-refractivity contribution in [3.8, 4) is 5.75 Å². The van der Waals surface area contributed by atoms with E-state index in [2.05, 4.69) is 21.2 Å². The third kappa shape index (κ3) is 4.66. The largest absolute Gasteiger partial charge is 0.490 e. The Hall–Kier alpha value is -1.07. The molecular formula is C13H18BrNO3. The minimum atomic E-state index is -0.0888. The van der Waals surface area contributed by atoms with Gasteiger partial charge in [0.05, 0.1) is 11.1 Å². The molecule has 0 heterocycles. The summed E-state index contributed by atoms with van der Waals surface area (Å²) in [5.74, 6) is 0.613. The van der Waals surface area contributed by atoms with Gasteiger partial charge in [0.15, 0.2) is 0 Å². The number of hydrogen-bond donors (Lipinski definition) is 1. The number of benzene rings is 1. The van der Waals surface area contributed by atoms with Crippen LogP contribution in [0, 0.1) is 0 Å². The lowest BCUT2D eigenvalue weighted by molar-refractivity contribution is 0.0943. The molecular weight excluding hydrogens is 298 g/mol. The maximum atomic E-state index is 11.8. The second kappa shape index (κ2) is 7.38. The Bertz CT molecular complexity index is 407. The van der Waals surface area contributed by atoms with Gasteiger partial charge in [0.1, 0.15) is 12.4 Å². The van der Waals surface area contributed by atoms with Crippen molar-refractivity contribution in [3.63, 3.8) is 0 Å². The second-order valence-electron chi connectivity index (χ2n) is 4.11. The molecule has 0 aromatic heterocycles. The number of methoxy groups -OCH3 is 1. The molecule has 1 aromatic rings. The lowest BCUT2D eigenvalue weighted by atomic mass is 10.2. The van der Waals surface area contributed by atoms with Gasteiger partial charge in [-0.3, -0.25) is 4.79 Å². The van der Waals surface area contributed by atoms with Crippen LogP contribution >= 0.6 is 15.9 Å². The lowest BCUT2D eigenvalue weighted by Crippen LogP contribution is -2.30. The third-order valence-corrected chi connectivity index (χ3v) is 2.78. The summed E-state index contributed by atoms with van der Waals surface area (Å²) >= 11 is 3.39. The number of nitrogens with one attached hydrogen (secondary N) is 1. The van der Waals surface area contributed by atoms with E-state index in [1.165, 1.54) is 0 Å². The maximum absolute atomic E-state index is 11.8. The quantitative estimate of drug-likeness (QED) is 0.821. The predicted octanol–water partition coefficient (Wildman–Crippen LogP) is 2.61. The summed E-state index contributed by atoms with van der Waals surface area (Å²) < 4.78 is 11.2. The van der Waals surface area contributed by atoms with Crippen LogP contribution < -0.4 is 10.1 Å². The topological polar surface area (TPSA) is 47.6 Å². The molecule has 0 aliphatic rings. The summed E-state index contributed by atoms with van der Waals surface area (Å²) in [5.41, 5.74) is 0.606. The van der Waals surface area contributed by atoms with Crippen LogP contribution in [0.3, 0.4) is 0 Å². The highest BCUT2D eigenvalue weighted by Gasteiger charge is 2.09. The lowest BCUT2D eigenvalue weighted by Gasteiger charge is -2.11. The van der Waals surface area contributed by atoms with Crippen LogP contribution in [-0.4, -0.2) is 32.3 Å². The summed E-state index contributed by atoms with van der Waals surface area (Å²) in [6.45, 7) is 4.86. The van der Waals surface area contributed by atoms with Crippen molar-refractivity contribution in [2.75, 3.05) is 20.3 Å². The Morgan fingerprint density at radius 3 is 2.67 bits per heavy atom. The van der Waals surface area contributed by atoms with Gasteiger partial charge in [0, 0.05) is 18.7 Å². The standard InChI is InChI=1S/C13H18BrNO3/c1-9(2)15-13(16)10-4-5-12(11(14)8-10)18-7-6-17-3/h4-5,8-9H,6-7H2,1-3H3,(H,15,16). The zero-order valence-electron chi connectivity index (χ0n) is 10.8. The van der Waals surface area contributed by atoms with E-state index < -0.39 is 0 Å². The molecule has 0 aliphatic carbocycles. The normalized spacial score (nSPS) is 10.5. The van der Waals surface area contributed by atoms with Crippen LogP contribution in [0.4, 0.5) is 0 Å². The monoisotopic (exact) mass is 315 g/mol. The molecule has 0 fully saturated rings. The highest BCUT2D eigenvalue weighted by atomic mass is 79.9. The number of amides is 1. The van der Waals surface area contributed by atoms with E-state index in [-0.39, 0.29) is 11.9 Å². The molecule has 0 bridgehead atoms. The molecule has 100 valence electrons. The molecule has 1 rings (SSSR count). The third-order valence-electron chi connectivity index (χ3n) is 2.16. The fourth-order valence-corrected chi connectivity index (χ4v) is 1.83. The Morgan fingerprint density at radius 1 is 1.39 bits per heavy atom. The smallest absolute Gasteiger partial charge is 0.251 e. The molecule has 0 saturated carbocycles. The molecule has 0 unspecified atom stereocenters. The van der Waals surface area contributed by atoms with E-state index >= 15 is 0 Å². The number of hydrogen-bond acceptors (Lipinski definition) is 3. The van der Waals surface area contributed by atoms with Crippen molar-refractivity contribution >= 4 is 21.8 Å². The highest BCUT2D eigenvalue weighted by molar-refractivity contribution is 9.10. The van der Waals surface area contributed by atoms with E-state index in [1.807, 2.05) is 13.8 Å². The molecule has 1 N–H and O–H groups in total. The van der Waals surface area contributed by atoms with E-state index in [1.54, 1.807) is 25.3 Å². The van der Waals surface area contributed by atoms with Crippen LogP contribution in [0.15, 0.2) is 22.7 Å². The van der Waals surface area contributed by atoms with Crippen molar-refractivity contribution in [2.45, 2.75) is 19.9 Å². The van der Waals surface area contributed by atoms with Gasteiger partial charge in [0.25, 0.3) is 5.91 Å². The summed E-state index contributed by atoms with van der Waals surface area (Å²) in [7, 11) is 1.62. The van der Waals surface area contributed by atoms with Crippen molar-refractivity contribution < 1.29 is 14.3 Å². The van der Waals surface area contributed by atoms with Crippen LogP contribution in [-0.2, 0) is 4.74 Å². The first kappa shape index (κ1) is 15.0. The highest BCUT2D eigenvalue weighted by Crippen LogP contribution is 2.26. The minimum absolute atomic E-state index is 0.0888. The molecule has 0 atom stereocenters. The van der Waals surface area contributed by atoms with Crippen molar-refractivity contribution in [1.29, 1.82) is 0 Å². The number of carbonyl (C=O) groups is 1. The molecule has 5 heteroatoms. The van der Waals surface area contributed by atoms with Gasteiger partial charge in [-0.25, -0.2) is 0 Å². The summed E-state index contributed by atoms with van der Waals surface area (Å²) in [5, 5.41) is 2.84. The van der Waals surface area contributed by atoms with Gasteiger partial charge in [0.2, 0.25) is 0 Å². The first-order valence-electron chi connectivity index (χ1n) is 5.76. The fraction of sp³-hybridized carbons (Fsp3) is 0.462. The van der Waals surface area contributed by atoms with Crippen LogP contribution in [0.1, 0.15) is 24.2 Å². The van der Waals surface area contributed by atoms with Gasteiger partial charge in [-0.1, -0.05) is 0 Å².